The van der Waals surface area contributed by atoms with Crippen LogP contribution in [0, 0.1) is 0 Å². The monoisotopic (exact) mass is 368 g/mol. The number of benzene rings is 1. The van der Waals surface area contributed by atoms with E-state index in [0.29, 0.717) is 32.6 Å². The van der Waals surface area contributed by atoms with E-state index < -0.39 is 12.1 Å². The molecule has 2 N–H and O–H groups in total. The van der Waals surface area contributed by atoms with Gasteiger partial charge in [-0.25, -0.2) is 14.8 Å². The topological polar surface area (TPSA) is 108 Å². The fraction of sp³-hybridized carbons (Fsp3) is 0.389. The molecule has 0 spiro atoms. The van der Waals surface area contributed by atoms with Crippen molar-refractivity contribution in [2.75, 3.05) is 31.1 Å². The number of carbonyl (C=O) groups excluding carboxylic acids is 3. The van der Waals surface area contributed by atoms with Gasteiger partial charge in [0.05, 0.1) is 5.52 Å². The number of amides is 4. The van der Waals surface area contributed by atoms with Gasteiger partial charge in [0.15, 0.2) is 0 Å². The highest BCUT2D eigenvalue weighted by Crippen LogP contribution is 2.23. The number of urea groups is 1. The Kier molecular flexibility index (Phi) is 4.57. The molecule has 0 bridgehead atoms. The molecular formula is C18H20N6O3. The Hall–Kier alpha value is -3.23. The maximum atomic E-state index is 12.4. The van der Waals surface area contributed by atoms with Crippen LogP contribution in [0.15, 0.2) is 30.6 Å². The number of carbonyl (C=O) groups is 3. The quantitative estimate of drug-likeness (QED) is 0.750. The van der Waals surface area contributed by atoms with E-state index in [2.05, 4.69) is 25.5 Å². The largest absolute Gasteiger partial charge is 0.352 e. The number of imide groups is 1. The molecule has 2 fully saturated rings. The fourth-order valence-corrected chi connectivity index (χ4v) is 3.50. The van der Waals surface area contributed by atoms with E-state index in [0.717, 1.165) is 16.7 Å². The van der Waals surface area contributed by atoms with Crippen molar-refractivity contribution in [3.8, 4) is 0 Å². The van der Waals surface area contributed by atoms with Gasteiger partial charge >= 0.3 is 6.03 Å². The van der Waals surface area contributed by atoms with Crippen molar-refractivity contribution in [2.24, 2.45) is 0 Å². The summed E-state index contributed by atoms with van der Waals surface area (Å²) in [6.07, 6.45) is 2.11. The maximum absolute atomic E-state index is 12.4. The lowest BCUT2D eigenvalue weighted by atomic mass is 10.1. The van der Waals surface area contributed by atoms with E-state index in [1.54, 1.807) is 11.2 Å². The first-order valence-electron chi connectivity index (χ1n) is 8.95. The molecule has 4 amide bonds. The number of nitrogens with one attached hydrogen (secondary N) is 2. The van der Waals surface area contributed by atoms with Crippen molar-refractivity contribution in [3.05, 3.63) is 30.6 Å². The molecule has 0 radical (unpaired) electrons. The molecule has 27 heavy (non-hydrogen) atoms. The van der Waals surface area contributed by atoms with Gasteiger partial charge in [-0.2, -0.15) is 0 Å². The molecule has 2 saturated heterocycles. The summed E-state index contributed by atoms with van der Waals surface area (Å²) < 4.78 is 0. The van der Waals surface area contributed by atoms with Crippen LogP contribution < -0.4 is 15.5 Å². The Labute approximate surface area is 155 Å². The minimum atomic E-state index is -0.616. The Bertz CT molecular complexity index is 888. The molecule has 2 aromatic rings. The van der Waals surface area contributed by atoms with Crippen LogP contribution in [0.2, 0.25) is 0 Å². The smallest absolute Gasteiger partial charge is 0.322 e. The van der Waals surface area contributed by atoms with Crippen molar-refractivity contribution in [2.45, 2.75) is 18.9 Å². The number of aromatic nitrogens is 2. The lowest BCUT2D eigenvalue weighted by Crippen LogP contribution is -2.49. The third-order valence-corrected chi connectivity index (χ3v) is 4.96. The van der Waals surface area contributed by atoms with Gasteiger partial charge in [0, 0.05) is 38.0 Å². The summed E-state index contributed by atoms with van der Waals surface area (Å²) in [5.74, 6) is 0.516. The average molecular weight is 368 g/mol. The molecule has 9 nitrogen and oxygen atoms in total. The maximum Gasteiger partial charge on any atom is 0.322 e. The van der Waals surface area contributed by atoms with Crippen molar-refractivity contribution < 1.29 is 14.4 Å². The van der Waals surface area contributed by atoms with E-state index in [1.807, 2.05) is 24.3 Å². The molecule has 1 aromatic carbocycles. The second-order valence-corrected chi connectivity index (χ2v) is 6.64. The number of piperazine rings is 1. The first-order chi connectivity index (χ1) is 13.1. The zero-order valence-corrected chi connectivity index (χ0v) is 14.7. The average Bonchev–Trinajstić information content (AvgIpc) is 3.03. The second kappa shape index (κ2) is 7.18. The van der Waals surface area contributed by atoms with Gasteiger partial charge in [0.2, 0.25) is 5.91 Å². The highest BCUT2D eigenvalue weighted by Gasteiger charge is 2.30. The Balaban J connectivity index is 1.34. The van der Waals surface area contributed by atoms with Gasteiger partial charge in [-0.1, -0.05) is 12.1 Å². The standard InChI is InChI=1S/C18H20N6O3/c25-15(6-5-14-17(26)22-18(27)21-14)23-7-9-24(10-8-23)16-12-3-1-2-4-13(12)19-11-20-16/h1-4,11,14H,5-10H2,(H2,21,22,26,27). The van der Waals surface area contributed by atoms with Gasteiger partial charge < -0.3 is 15.1 Å². The number of nitrogens with zero attached hydrogens (tertiary/aromatic N) is 4. The van der Waals surface area contributed by atoms with Gasteiger partial charge in [-0.3, -0.25) is 14.9 Å². The lowest BCUT2D eigenvalue weighted by Gasteiger charge is -2.36. The minimum absolute atomic E-state index is 0.00357. The summed E-state index contributed by atoms with van der Waals surface area (Å²) in [4.78, 5) is 47.8. The highest BCUT2D eigenvalue weighted by molar-refractivity contribution is 6.04. The summed E-state index contributed by atoms with van der Waals surface area (Å²) >= 11 is 0. The van der Waals surface area contributed by atoms with Crippen LogP contribution in [0.1, 0.15) is 12.8 Å². The van der Waals surface area contributed by atoms with Crippen molar-refractivity contribution >= 4 is 34.6 Å². The molecule has 9 heteroatoms. The molecule has 4 rings (SSSR count). The van der Waals surface area contributed by atoms with Gasteiger partial charge in [0.25, 0.3) is 5.91 Å². The number of rotatable bonds is 4. The number of hydrogen-bond acceptors (Lipinski definition) is 6. The predicted octanol–water partition coefficient (Wildman–Crippen LogP) is 0.267. The fourth-order valence-electron chi connectivity index (χ4n) is 3.50. The van der Waals surface area contributed by atoms with Crippen LogP contribution in [0.25, 0.3) is 10.9 Å². The summed E-state index contributed by atoms with van der Waals surface area (Å²) in [5, 5.41) is 5.69. The lowest BCUT2D eigenvalue weighted by molar-refractivity contribution is -0.131. The van der Waals surface area contributed by atoms with Crippen molar-refractivity contribution in [1.82, 2.24) is 25.5 Å². The molecule has 140 valence electrons. The van der Waals surface area contributed by atoms with Crippen LogP contribution in [-0.2, 0) is 9.59 Å². The van der Waals surface area contributed by atoms with E-state index in [1.165, 1.54) is 0 Å². The third kappa shape index (κ3) is 3.53. The highest BCUT2D eigenvalue weighted by atomic mass is 16.2. The van der Waals surface area contributed by atoms with Crippen LogP contribution in [0.5, 0.6) is 0 Å². The number of fused-ring (bicyclic) bond motifs is 1. The van der Waals surface area contributed by atoms with Crippen LogP contribution in [-0.4, -0.2) is 64.9 Å². The summed E-state index contributed by atoms with van der Waals surface area (Å²) in [5.41, 5.74) is 0.901. The zero-order valence-electron chi connectivity index (χ0n) is 14.7. The SMILES string of the molecule is O=C1NC(=O)C(CCC(=O)N2CCN(c3ncnc4ccccc34)CC2)N1. The van der Waals surface area contributed by atoms with Crippen LogP contribution in [0.3, 0.4) is 0 Å². The Morgan fingerprint density at radius 1 is 1.11 bits per heavy atom. The molecule has 0 aliphatic carbocycles. The molecule has 1 aromatic heterocycles. The number of hydrogen-bond donors (Lipinski definition) is 2. The Morgan fingerprint density at radius 3 is 2.63 bits per heavy atom. The molecule has 1 unspecified atom stereocenters. The minimum Gasteiger partial charge on any atom is -0.352 e. The number of anilines is 1. The van der Waals surface area contributed by atoms with Gasteiger partial charge in [0.1, 0.15) is 18.2 Å². The Morgan fingerprint density at radius 2 is 1.89 bits per heavy atom. The van der Waals surface area contributed by atoms with Crippen LogP contribution >= 0.6 is 0 Å². The molecule has 3 heterocycles. The molecule has 0 saturated carbocycles. The summed E-state index contributed by atoms with van der Waals surface area (Å²) in [6.45, 7) is 2.57. The van der Waals surface area contributed by atoms with E-state index in [-0.39, 0.29) is 18.2 Å². The van der Waals surface area contributed by atoms with E-state index >= 15 is 0 Å². The van der Waals surface area contributed by atoms with Crippen molar-refractivity contribution in [3.63, 3.8) is 0 Å². The second-order valence-electron chi connectivity index (χ2n) is 6.64. The predicted molar refractivity (Wildman–Crippen MR) is 98.0 cm³/mol. The van der Waals surface area contributed by atoms with E-state index in [9.17, 15) is 14.4 Å². The zero-order chi connectivity index (χ0) is 18.8. The van der Waals surface area contributed by atoms with Crippen LogP contribution in [0.4, 0.5) is 10.6 Å². The first-order valence-corrected chi connectivity index (χ1v) is 8.95. The molecular weight excluding hydrogens is 348 g/mol. The van der Waals surface area contributed by atoms with E-state index in [4.69, 9.17) is 0 Å². The molecule has 2 aliphatic rings. The van der Waals surface area contributed by atoms with Gasteiger partial charge in [-0.15, -0.1) is 0 Å². The number of para-hydroxylation sites is 1. The normalized spacial score (nSPS) is 19.9. The molecule has 2 aliphatic heterocycles. The first kappa shape index (κ1) is 17.2. The summed E-state index contributed by atoms with van der Waals surface area (Å²) in [6, 6.07) is 6.76. The van der Waals surface area contributed by atoms with Crippen molar-refractivity contribution in [1.29, 1.82) is 0 Å². The summed E-state index contributed by atoms with van der Waals surface area (Å²) in [7, 11) is 0. The third-order valence-electron chi connectivity index (χ3n) is 4.96. The molecule has 1 atom stereocenters. The van der Waals surface area contributed by atoms with Gasteiger partial charge in [-0.05, 0) is 18.6 Å².